The number of nitrogens with one attached hydrogen (secondary N) is 1. The van der Waals surface area contributed by atoms with Crippen LogP contribution in [0, 0.1) is 0 Å². The first kappa shape index (κ1) is 14.5. The van der Waals surface area contributed by atoms with Gasteiger partial charge in [0.2, 0.25) is 11.8 Å². The molecule has 0 aliphatic carbocycles. The molecular formula is C15H20N2O3. The van der Waals surface area contributed by atoms with E-state index >= 15 is 0 Å². The van der Waals surface area contributed by atoms with E-state index in [9.17, 15) is 9.59 Å². The third-order valence-corrected chi connectivity index (χ3v) is 3.43. The van der Waals surface area contributed by atoms with Crippen molar-refractivity contribution in [2.75, 3.05) is 20.3 Å². The number of benzene rings is 1. The summed E-state index contributed by atoms with van der Waals surface area (Å²) in [4.78, 5) is 25.7. The van der Waals surface area contributed by atoms with E-state index in [1.54, 1.807) is 12.0 Å². The quantitative estimate of drug-likeness (QED) is 0.787. The fraction of sp³-hybridized carbons (Fsp3) is 0.467. The highest BCUT2D eigenvalue weighted by molar-refractivity contribution is 5.90. The Morgan fingerprint density at radius 2 is 2.15 bits per heavy atom. The van der Waals surface area contributed by atoms with Crippen molar-refractivity contribution < 1.29 is 14.3 Å². The van der Waals surface area contributed by atoms with Crippen LogP contribution in [0.4, 0.5) is 0 Å². The van der Waals surface area contributed by atoms with Crippen molar-refractivity contribution in [2.24, 2.45) is 0 Å². The van der Waals surface area contributed by atoms with Crippen LogP contribution in [0.15, 0.2) is 30.3 Å². The Hall–Kier alpha value is -1.88. The van der Waals surface area contributed by atoms with Crippen molar-refractivity contribution in [3.8, 4) is 0 Å². The molecule has 5 heteroatoms. The highest BCUT2D eigenvalue weighted by Crippen LogP contribution is 2.21. The first-order valence-corrected chi connectivity index (χ1v) is 6.82. The van der Waals surface area contributed by atoms with E-state index in [2.05, 4.69) is 5.32 Å². The number of hydrogen-bond donors (Lipinski definition) is 1. The van der Waals surface area contributed by atoms with E-state index in [-0.39, 0.29) is 17.9 Å². The Bertz CT molecular complexity index is 461. The van der Waals surface area contributed by atoms with Gasteiger partial charge in [-0.05, 0) is 12.0 Å². The van der Waals surface area contributed by atoms with Gasteiger partial charge in [0, 0.05) is 26.6 Å². The number of likely N-dealkylation sites (tertiary alicyclic amines) is 1. The smallest absolute Gasteiger partial charge is 0.242 e. The summed E-state index contributed by atoms with van der Waals surface area (Å²) in [6.45, 7) is 1.44. The van der Waals surface area contributed by atoms with Gasteiger partial charge in [-0.2, -0.15) is 0 Å². The Kier molecular flexibility index (Phi) is 5.12. The summed E-state index contributed by atoms with van der Waals surface area (Å²) in [7, 11) is 1.59. The number of nitrogens with zero attached hydrogens (tertiary/aromatic N) is 1. The zero-order chi connectivity index (χ0) is 14.4. The molecule has 1 aliphatic rings. The standard InChI is InChI=1S/C15H20N2O3/c1-20-10-9-16-15(19)13-7-8-14(18)17(13)11-12-5-3-2-4-6-12/h2-6,13H,7-11H2,1H3,(H,16,19). The van der Waals surface area contributed by atoms with E-state index in [1.165, 1.54) is 0 Å². The Morgan fingerprint density at radius 3 is 2.85 bits per heavy atom. The predicted octanol–water partition coefficient (Wildman–Crippen LogP) is 0.940. The van der Waals surface area contributed by atoms with Crippen molar-refractivity contribution in [2.45, 2.75) is 25.4 Å². The molecule has 20 heavy (non-hydrogen) atoms. The zero-order valence-corrected chi connectivity index (χ0v) is 11.7. The van der Waals surface area contributed by atoms with Gasteiger partial charge in [-0.1, -0.05) is 30.3 Å². The molecular weight excluding hydrogens is 256 g/mol. The van der Waals surface area contributed by atoms with E-state index in [4.69, 9.17) is 4.74 Å². The Morgan fingerprint density at radius 1 is 1.40 bits per heavy atom. The van der Waals surface area contributed by atoms with Crippen LogP contribution in [-0.2, 0) is 20.9 Å². The van der Waals surface area contributed by atoms with Crippen LogP contribution in [0.1, 0.15) is 18.4 Å². The third kappa shape index (κ3) is 3.57. The van der Waals surface area contributed by atoms with Gasteiger partial charge in [0.25, 0.3) is 0 Å². The van der Waals surface area contributed by atoms with Gasteiger partial charge in [0.15, 0.2) is 0 Å². The maximum atomic E-state index is 12.1. The van der Waals surface area contributed by atoms with E-state index in [0.29, 0.717) is 32.5 Å². The molecule has 108 valence electrons. The fourth-order valence-electron chi connectivity index (χ4n) is 2.38. The van der Waals surface area contributed by atoms with Gasteiger partial charge >= 0.3 is 0 Å². The average Bonchev–Trinajstić information content (AvgIpc) is 2.82. The minimum atomic E-state index is -0.362. The van der Waals surface area contributed by atoms with Crippen LogP contribution in [0.25, 0.3) is 0 Å². The summed E-state index contributed by atoms with van der Waals surface area (Å²) < 4.78 is 4.90. The molecule has 1 heterocycles. The summed E-state index contributed by atoms with van der Waals surface area (Å²) in [6.07, 6.45) is 1.03. The molecule has 0 aromatic heterocycles. The normalized spacial score (nSPS) is 18.4. The van der Waals surface area contributed by atoms with Crippen LogP contribution in [0.5, 0.6) is 0 Å². The number of ether oxygens (including phenoxy) is 1. The average molecular weight is 276 g/mol. The Balaban J connectivity index is 1.97. The van der Waals surface area contributed by atoms with Gasteiger partial charge in [0.05, 0.1) is 6.61 Å². The van der Waals surface area contributed by atoms with Gasteiger partial charge in [0.1, 0.15) is 6.04 Å². The minimum absolute atomic E-state index is 0.0424. The molecule has 2 rings (SSSR count). The molecule has 0 saturated carbocycles. The number of hydrogen-bond acceptors (Lipinski definition) is 3. The molecule has 0 spiro atoms. The first-order chi connectivity index (χ1) is 9.72. The summed E-state index contributed by atoms with van der Waals surface area (Å²) in [6, 6.07) is 9.37. The van der Waals surface area contributed by atoms with Gasteiger partial charge in [-0.25, -0.2) is 0 Å². The summed E-state index contributed by atoms with van der Waals surface area (Å²) >= 11 is 0. The van der Waals surface area contributed by atoms with Crippen LogP contribution in [-0.4, -0.2) is 43.0 Å². The molecule has 2 amide bonds. The van der Waals surface area contributed by atoms with Gasteiger partial charge in [-0.15, -0.1) is 0 Å². The highest BCUT2D eigenvalue weighted by atomic mass is 16.5. The lowest BCUT2D eigenvalue weighted by Crippen LogP contribution is -2.45. The second-order valence-electron chi connectivity index (χ2n) is 4.85. The van der Waals surface area contributed by atoms with E-state index < -0.39 is 0 Å². The molecule has 5 nitrogen and oxygen atoms in total. The molecule has 1 unspecified atom stereocenters. The van der Waals surface area contributed by atoms with Gasteiger partial charge < -0.3 is 15.0 Å². The highest BCUT2D eigenvalue weighted by Gasteiger charge is 2.35. The lowest BCUT2D eigenvalue weighted by atomic mass is 10.1. The van der Waals surface area contributed by atoms with Gasteiger partial charge in [-0.3, -0.25) is 9.59 Å². The summed E-state index contributed by atoms with van der Waals surface area (Å²) in [5.41, 5.74) is 1.04. The molecule has 1 saturated heterocycles. The van der Waals surface area contributed by atoms with Crippen molar-refractivity contribution in [1.82, 2.24) is 10.2 Å². The molecule has 1 fully saturated rings. The van der Waals surface area contributed by atoms with Crippen molar-refractivity contribution in [3.05, 3.63) is 35.9 Å². The number of amides is 2. The Labute approximate surface area is 118 Å². The number of carbonyl (C=O) groups excluding carboxylic acids is 2. The third-order valence-electron chi connectivity index (χ3n) is 3.43. The van der Waals surface area contributed by atoms with Crippen LogP contribution >= 0.6 is 0 Å². The second kappa shape index (κ2) is 7.05. The molecule has 0 bridgehead atoms. The SMILES string of the molecule is COCCNC(=O)C1CCC(=O)N1Cc1ccccc1. The molecule has 1 N–H and O–H groups in total. The van der Waals surface area contributed by atoms with Crippen molar-refractivity contribution in [3.63, 3.8) is 0 Å². The number of methoxy groups -OCH3 is 1. The molecule has 1 aromatic rings. The van der Waals surface area contributed by atoms with E-state index in [0.717, 1.165) is 5.56 Å². The molecule has 0 radical (unpaired) electrons. The summed E-state index contributed by atoms with van der Waals surface area (Å²) in [5.74, 6) is -0.0513. The second-order valence-corrected chi connectivity index (χ2v) is 4.85. The largest absolute Gasteiger partial charge is 0.383 e. The van der Waals surface area contributed by atoms with Crippen molar-refractivity contribution in [1.29, 1.82) is 0 Å². The molecule has 1 aromatic carbocycles. The van der Waals surface area contributed by atoms with Crippen molar-refractivity contribution >= 4 is 11.8 Å². The lowest BCUT2D eigenvalue weighted by Gasteiger charge is -2.24. The van der Waals surface area contributed by atoms with E-state index in [1.807, 2.05) is 30.3 Å². The minimum Gasteiger partial charge on any atom is -0.383 e. The fourth-order valence-corrected chi connectivity index (χ4v) is 2.38. The first-order valence-electron chi connectivity index (χ1n) is 6.82. The topological polar surface area (TPSA) is 58.6 Å². The lowest BCUT2D eigenvalue weighted by molar-refractivity contribution is -0.135. The number of carbonyl (C=O) groups is 2. The monoisotopic (exact) mass is 276 g/mol. The maximum Gasteiger partial charge on any atom is 0.242 e. The van der Waals surface area contributed by atoms with Crippen LogP contribution in [0.3, 0.4) is 0 Å². The van der Waals surface area contributed by atoms with Crippen LogP contribution < -0.4 is 5.32 Å². The zero-order valence-electron chi connectivity index (χ0n) is 11.7. The predicted molar refractivity (Wildman–Crippen MR) is 74.9 cm³/mol. The molecule has 1 atom stereocenters. The van der Waals surface area contributed by atoms with Crippen LogP contribution in [0.2, 0.25) is 0 Å². The molecule has 1 aliphatic heterocycles. The summed E-state index contributed by atoms with van der Waals surface area (Å²) in [5, 5.41) is 2.80. The maximum absolute atomic E-state index is 12.1. The number of rotatable bonds is 6.